The van der Waals surface area contributed by atoms with Crippen LogP contribution in [0.1, 0.15) is 6.92 Å². The van der Waals surface area contributed by atoms with Crippen molar-refractivity contribution < 1.29 is 20.1 Å². The third-order valence-electron chi connectivity index (χ3n) is 1.91. The first-order chi connectivity index (χ1) is 5.04. The number of hydrogen-bond donors (Lipinski definition) is 4. The summed E-state index contributed by atoms with van der Waals surface area (Å²) in [5, 5.41) is 27.4. The highest BCUT2D eigenvalue weighted by molar-refractivity contribution is 4.88. The second-order valence-electron chi connectivity index (χ2n) is 2.79. The minimum atomic E-state index is -1.19. The average Bonchev–Trinajstić information content (AvgIpc) is 1.97. The Bertz CT molecular complexity index is 129. The summed E-state index contributed by atoms with van der Waals surface area (Å²) in [5.41, 5.74) is 5.29. The van der Waals surface area contributed by atoms with Crippen molar-refractivity contribution in [1.82, 2.24) is 0 Å². The molecular formula is C6H13NO4. The number of nitrogens with two attached hydrogens (primary N) is 1. The van der Waals surface area contributed by atoms with E-state index in [1.807, 2.05) is 0 Å². The van der Waals surface area contributed by atoms with E-state index in [9.17, 15) is 5.11 Å². The predicted octanol–water partition coefficient (Wildman–Crippen LogP) is -2.23. The molecule has 1 fully saturated rings. The molecule has 0 aromatic heterocycles. The molecule has 66 valence electrons. The largest absolute Gasteiger partial charge is 0.388 e. The van der Waals surface area contributed by atoms with Gasteiger partial charge in [-0.3, -0.25) is 0 Å². The molecule has 5 N–H and O–H groups in total. The van der Waals surface area contributed by atoms with Crippen molar-refractivity contribution in [2.75, 3.05) is 0 Å². The van der Waals surface area contributed by atoms with Crippen LogP contribution >= 0.6 is 0 Å². The molecule has 5 heteroatoms. The summed E-state index contributed by atoms with van der Waals surface area (Å²) in [6, 6.07) is -0.929. The molecule has 1 rings (SSSR count). The van der Waals surface area contributed by atoms with Gasteiger partial charge in [-0.05, 0) is 6.92 Å². The molecular weight excluding hydrogens is 150 g/mol. The number of ether oxygens (including phenoxy) is 1. The molecule has 1 saturated heterocycles. The van der Waals surface area contributed by atoms with Gasteiger partial charge in [-0.2, -0.15) is 0 Å². The van der Waals surface area contributed by atoms with Gasteiger partial charge in [0, 0.05) is 0 Å². The molecule has 5 atom stereocenters. The van der Waals surface area contributed by atoms with Crippen LogP contribution in [0.5, 0.6) is 0 Å². The molecule has 0 aromatic carbocycles. The van der Waals surface area contributed by atoms with Crippen LogP contribution in [0.2, 0.25) is 0 Å². The highest BCUT2D eigenvalue weighted by Gasteiger charge is 2.39. The summed E-state index contributed by atoms with van der Waals surface area (Å²) in [6.07, 6.45) is -3.91. The van der Waals surface area contributed by atoms with E-state index in [2.05, 4.69) is 0 Å². The Morgan fingerprint density at radius 3 is 2.27 bits per heavy atom. The van der Waals surface area contributed by atoms with Crippen molar-refractivity contribution >= 4 is 0 Å². The number of aliphatic hydroxyl groups is 3. The average molecular weight is 163 g/mol. The van der Waals surface area contributed by atoms with Crippen LogP contribution in [0, 0.1) is 0 Å². The molecule has 5 nitrogen and oxygen atoms in total. The third kappa shape index (κ3) is 1.52. The minimum Gasteiger partial charge on any atom is -0.388 e. The Morgan fingerprint density at radius 2 is 1.73 bits per heavy atom. The van der Waals surface area contributed by atoms with Gasteiger partial charge in [0.15, 0.2) is 6.29 Å². The maximum absolute atomic E-state index is 9.17. The van der Waals surface area contributed by atoms with Crippen LogP contribution in [0.15, 0.2) is 0 Å². The van der Waals surface area contributed by atoms with Crippen molar-refractivity contribution in [3.8, 4) is 0 Å². The Morgan fingerprint density at radius 1 is 1.18 bits per heavy atom. The Kier molecular flexibility index (Phi) is 2.46. The Hall–Kier alpha value is -0.200. The number of rotatable bonds is 0. The summed E-state index contributed by atoms with van der Waals surface area (Å²) in [7, 11) is 0. The molecule has 0 radical (unpaired) electrons. The van der Waals surface area contributed by atoms with Gasteiger partial charge < -0.3 is 25.8 Å². The van der Waals surface area contributed by atoms with Crippen molar-refractivity contribution in [3.63, 3.8) is 0 Å². The van der Waals surface area contributed by atoms with Crippen LogP contribution in [0.4, 0.5) is 0 Å². The zero-order valence-corrected chi connectivity index (χ0v) is 6.21. The first kappa shape index (κ1) is 8.89. The van der Waals surface area contributed by atoms with E-state index in [0.29, 0.717) is 0 Å². The van der Waals surface area contributed by atoms with Crippen LogP contribution < -0.4 is 5.73 Å². The zero-order chi connectivity index (χ0) is 8.59. The fourth-order valence-corrected chi connectivity index (χ4v) is 1.07. The predicted molar refractivity (Wildman–Crippen MR) is 36.5 cm³/mol. The van der Waals surface area contributed by atoms with Crippen LogP contribution in [-0.4, -0.2) is 46.0 Å². The fourth-order valence-electron chi connectivity index (χ4n) is 1.07. The number of aliphatic hydroxyl groups excluding tert-OH is 3. The van der Waals surface area contributed by atoms with Gasteiger partial charge in [0.25, 0.3) is 0 Å². The van der Waals surface area contributed by atoms with Crippen molar-refractivity contribution in [2.45, 2.75) is 37.6 Å². The molecule has 0 aromatic rings. The van der Waals surface area contributed by atoms with Gasteiger partial charge in [-0.1, -0.05) is 0 Å². The first-order valence-corrected chi connectivity index (χ1v) is 3.49. The molecule has 0 saturated carbocycles. The molecule has 0 aliphatic carbocycles. The summed E-state index contributed by atoms with van der Waals surface area (Å²) in [5.74, 6) is 0. The standard InChI is InChI=1S/C6H13NO4/c1-2-4(8)5(9)3(7)6(10)11-2/h2-6,8-10H,7H2,1H3/t2?,3?,4-,5-,6+/m1/s1. The van der Waals surface area contributed by atoms with E-state index in [4.69, 9.17) is 20.7 Å². The van der Waals surface area contributed by atoms with Gasteiger partial charge in [-0.25, -0.2) is 0 Å². The molecule has 0 bridgehead atoms. The summed E-state index contributed by atoms with van der Waals surface area (Å²) in [6.45, 7) is 1.56. The third-order valence-corrected chi connectivity index (χ3v) is 1.91. The topological polar surface area (TPSA) is 95.9 Å². The maximum Gasteiger partial charge on any atom is 0.172 e. The van der Waals surface area contributed by atoms with Crippen molar-refractivity contribution in [3.05, 3.63) is 0 Å². The van der Waals surface area contributed by atoms with Gasteiger partial charge in [0.1, 0.15) is 12.2 Å². The molecule has 0 amide bonds. The lowest BCUT2D eigenvalue weighted by Crippen LogP contribution is -2.60. The second kappa shape index (κ2) is 3.04. The summed E-state index contributed by atoms with van der Waals surface area (Å²) < 4.78 is 4.80. The Balaban J connectivity index is 2.63. The first-order valence-electron chi connectivity index (χ1n) is 3.49. The quantitative estimate of drug-likeness (QED) is 0.324. The second-order valence-corrected chi connectivity index (χ2v) is 2.79. The van der Waals surface area contributed by atoms with Crippen LogP contribution in [0.3, 0.4) is 0 Å². The van der Waals surface area contributed by atoms with E-state index >= 15 is 0 Å². The monoisotopic (exact) mass is 163 g/mol. The maximum atomic E-state index is 9.17. The van der Waals surface area contributed by atoms with Crippen molar-refractivity contribution in [2.24, 2.45) is 5.73 Å². The smallest absolute Gasteiger partial charge is 0.172 e. The highest BCUT2D eigenvalue weighted by atomic mass is 16.6. The molecule has 1 aliphatic heterocycles. The lowest BCUT2D eigenvalue weighted by molar-refractivity contribution is -0.236. The van der Waals surface area contributed by atoms with Crippen LogP contribution in [0.25, 0.3) is 0 Å². The van der Waals surface area contributed by atoms with E-state index in [0.717, 1.165) is 0 Å². The van der Waals surface area contributed by atoms with Crippen molar-refractivity contribution in [1.29, 1.82) is 0 Å². The molecule has 1 aliphatic rings. The van der Waals surface area contributed by atoms with Gasteiger partial charge in [0.05, 0.1) is 12.1 Å². The lowest BCUT2D eigenvalue weighted by Gasteiger charge is -2.37. The Labute approximate surface area is 64.4 Å². The summed E-state index contributed by atoms with van der Waals surface area (Å²) >= 11 is 0. The molecule has 2 unspecified atom stereocenters. The SMILES string of the molecule is CC1O[C@H](O)C(N)[C@@H](O)[C@@H]1O. The molecule has 1 heterocycles. The van der Waals surface area contributed by atoms with Gasteiger partial charge >= 0.3 is 0 Å². The molecule has 11 heavy (non-hydrogen) atoms. The summed E-state index contributed by atoms with van der Waals surface area (Å²) in [4.78, 5) is 0. The highest BCUT2D eigenvalue weighted by Crippen LogP contribution is 2.17. The van der Waals surface area contributed by atoms with E-state index < -0.39 is 30.6 Å². The lowest BCUT2D eigenvalue weighted by atomic mass is 9.99. The van der Waals surface area contributed by atoms with E-state index in [1.165, 1.54) is 0 Å². The van der Waals surface area contributed by atoms with E-state index in [-0.39, 0.29) is 0 Å². The van der Waals surface area contributed by atoms with Crippen LogP contribution in [-0.2, 0) is 4.74 Å². The molecule has 0 spiro atoms. The van der Waals surface area contributed by atoms with E-state index in [1.54, 1.807) is 6.92 Å². The normalized spacial score (nSPS) is 52.6. The van der Waals surface area contributed by atoms with Gasteiger partial charge in [0.2, 0.25) is 0 Å². The fraction of sp³-hybridized carbons (Fsp3) is 1.00. The minimum absolute atomic E-state index is 0.584. The number of hydrogen-bond acceptors (Lipinski definition) is 5. The zero-order valence-electron chi connectivity index (χ0n) is 6.21. The van der Waals surface area contributed by atoms with Gasteiger partial charge in [-0.15, -0.1) is 0 Å².